The van der Waals surface area contributed by atoms with Gasteiger partial charge in [-0.15, -0.1) is 10.2 Å². The van der Waals surface area contributed by atoms with Gasteiger partial charge < -0.3 is 5.32 Å². The number of alkyl halides is 3. The average molecular weight is 499 g/mol. The van der Waals surface area contributed by atoms with Crippen LogP contribution < -0.4 is 10.6 Å². The summed E-state index contributed by atoms with van der Waals surface area (Å²) in [4.78, 5) is 24.1. The van der Waals surface area contributed by atoms with E-state index in [4.69, 9.17) is 11.6 Å². The van der Waals surface area contributed by atoms with Crippen molar-refractivity contribution in [1.29, 1.82) is 0 Å². The number of anilines is 2. The fourth-order valence-electron chi connectivity index (χ4n) is 2.31. The zero-order valence-electron chi connectivity index (χ0n) is 16.0. The van der Waals surface area contributed by atoms with Gasteiger partial charge in [0.05, 0.1) is 22.0 Å². The second kappa shape index (κ2) is 10.6. The number of amides is 2. The summed E-state index contributed by atoms with van der Waals surface area (Å²) in [6.07, 6.45) is -1.55. The van der Waals surface area contributed by atoms with Crippen LogP contribution in [0.5, 0.6) is 0 Å². The zero-order chi connectivity index (χ0) is 23.1. The second-order valence-corrected chi connectivity index (χ2v) is 8.74. The molecule has 0 aliphatic carbocycles. The molecule has 2 N–H and O–H groups in total. The maximum absolute atomic E-state index is 12.8. The van der Waals surface area contributed by atoms with Gasteiger partial charge in [-0.1, -0.05) is 65.0 Å². The summed E-state index contributed by atoms with van der Waals surface area (Å²) in [6, 6.07) is 11.9. The predicted molar refractivity (Wildman–Crippen MR) is 120 cm³/mol. The average Bonchev–Trinajstić information content (AvgIpc) is 3.19. The molecular weight excluding hydrogens is 485 g/mol. The third kappa shape index (κ3) is 7.08. The van der Waals surface area contributed by atoms with Crippen molar-refractivity contribution in [3.8, 4) is 0 Å². The van der Waals surface area contributed by atoms with Gasteiger partial charge in [0.15, 0.2) is 4.34 Å². The predicted octanol–water partition coefficient (Wildman–Crippen LogP) is 5.59. The lowest BCUT2D eigenvalue weighted by Gasteiger charge is -2.11. The molecule has 0 unspecified atom stereocenters. The normalized spacial score (nSPS) is 11.5. The molecule has 1 aromatic heterocycles. The highest BCUT2D eigenvalue weighted by molar-refractivity contribution is 8.01. The summed E-state index contributed by atoms with van der Waals surface area (Å²) in [7, 11) is 0. The van der Waals surface area contributed by atoms with Gasteiger partial charge in [-0.05, 0) is 29.8 Å². The maximum Gasteiger partial charge on any atom is 0.416 e. The number of nitrogens with one attached hydrogen (secondary N) is 2. The molecule has 0 atom stereocenters. The smallest absolute Gasteiger partial charge is 0.324 e. The molecule has 166 valence electrons. The molecule has 0 fully saturated rings. The molecule has 6 nitrogen and oxygen atoms in total. The van der Waals surface area contributed by atoms with Crippen molar-refractivity contribution < 1.29 is 22.8 Å². The van der Waals surface area contributed by atoms with Gasteiger partial charge in [0.1, 0.15) is 0 Å². The molecule has 0 aliphatic rings. The molecule has 1 heterocycles. The molecule has 0 saturated carbocycles. The minimum Gasteiger partial charge on any atom is -0.324 e. The van der Waals surface area contributed by atoms with Crippen LogP contribution in [0.3, 0.4) is 0 Å². The zero-order valence-corrected chi connectivity index (χ0v) is 18.4. The molecule has 2 aromatic carbocycles. The molecule has 12 heteroatoms. The van der Waals surface area contributed by atoms with E-state index in [1.54, 1.807) is 6.08 Å². The highest BCUT2D eigenvalue weighted by Gasteiger charge is 2.31. The number of carbonyl (C=O) groups excluding carboxylic acids is 2. The first-order valence-electron chi connectivity index (χ1n) is 8.88. The second-order valence-electron chi connectivity index (χ2n) is 6.14. The van der Waals surface area contributed by atoms with Gasteiger partial charge >= 0.3 is 6.18 Å². The van der Waals surface area contributed by atoms with E-state index in [1.807, 2.05) is 30.3 Å². The van der Waals surface area contributed by atoms with Gasteiger partial charge in [-0.3, -0.25) is 14.9 Å². The molecule has 3 rings (SSSR count). The topological polar surface area (TPSA) is 84.0 Å². The number of hydrogen-bond acceptors (Lipinski definition) is 6. The molecule has 0 aliphatic heterocycles. The standard InChI is InChI=1S/C20H14ClF3N4O2S2/c21-14-8-7-13(20(22,23)24)10-15(14)25-17(30)11-31-19-28-27-18(32-19)26-16(29)9-6-12-4-2-1-3-5-12/h1-10H,11H2,(H,25,30)(H,26,27,29)/b9-6+. The Labute approximate surface area is 193 Å². The Hall–Kier alpha value is -2.89. The maximum atomic E-state index is 12.8. The highest BCUT2D eigenvalue weighted by atomic mass is 35.5. The van der Waals surface area contributed by atoms with Crippen LogP contribution in [-0.2, 0) is 15.8 Å². The number of thioether (sulfide) groups is 1. The van der Waals surface area contributed by atoms with Crippen LogP contribution in [-0.4, -0.2) is 27.8 Å². The van der Waals surface area contributed by atoms with Gasteiger partial charge in [-0.25, -0.2) is 0 Å². The van der Waals surface area contributed by atoms with Gasteiger partial charge in [-0.2, -0.15) is 13.2 Å². The van der Waals surface area contributed by atoms with Crippen molar-refractivity contribution >= 4 is 63.4 Å². The molecule has 2 amide bonds. The Bertz CT molecular complexity index is 1140. The van der Waals surface area contributed by atoms with Crippen molar-refractivity contribution in [2.24, 2.45) is 0 Å². The van der Waals surface area contributed by atoms with Crippen molar-refractivity contribution in [2.75, 3.05) is 16.4 Å². The van der Waals surface area contributed by atoms with E-state index in [0.29, 0.717) is 4.34 Å². The lowest BCUT2D eigenvalue weighted by Crippen LogP contribution is -2.15. The van der Waals surface area contributed by atoms with E-state index < -0.39 is 23.6 Å². The van der Waals surface area contributed by atoms with Crippen LogP contribution in [0.1, 0.15) is 11.1 Å². The third-order valence-electron chi connectivity index (χ3n) is 3.76. The van der Waals surface area contributed by atoms with E-state index in [9.17, 15) is 22.8 Å². The van der Waals surface area contributed by atoms with Crippen molar-refractivity contribution in [3.63, 3.8) is 0 Å². The molecule has 3 aromatic rings. The number of benzene rings is 2. The van der Waals surface area contributed by atoms with E-state index in [0.717, 1.165) is 46.9 Å². The van der Waals surface area contributed by atoms with E-state index in [-0.39, 0.29) is 21.6 Å². The first-order chi connectivity index (χ1) is 15.2. The van der Waals surface area contributed by atoms with Crippen LogP contribution in [0, 0.1) is 0 Å². The molecule has 0 radical (unpaired) electrons. The van der Waals surface area contributed by atoms with E-state index in [1.165, 1.54) is 6.08 Å². The fourth-order valence-corrected chi connectivity index (χ4v) is 4.03. The number of carbonyl (C=O) groups is 2. The van der Waals surface area contributed by atoms with Crippen LogP contribution in [0.2, 0.25) is 5.02 Å². The Morgan fingerprint density at radius 3 is 2.56 bits per heavy atom. The third-order valence-corrected chi connectivity index (χ3v) is 6.06. The minimum absolute atomic E-state index is 0.0131. The fraction of sp³-hybridized carbons (Fsp3) is 0.100. The van der Waals surface area contributed by atoms with Gasteiger partial charge in [0.25, 0.3) is 0 Å². The van der Waals surface area contributed by atoms with Crippen LogP contribution in [0.4, 0.5) is 24.0 Å². The van der Waals surface area contributed by atoms with Crippen LogP contribution >= 0.6 is 34.7 Å². The Morgan fingerprint density at radius 2 is 1.84 bits per heavy atom. The van der Waals surface area contributed by atoms with Crippen LogP contribution in [0.15, 0.2) is 58.9 Å². The SMILES string of the molecule is O=C(/C=C/c1ccccc1)Nc1nnc(SCC(=O)Nc2cc(C(F)(F)F)ccc2Cl)s1. The number of aromatic nitrogens is 2. The van der Waals surface area contributed by atoms with Crippen molar-refractivity contribution in [3.05, 3.63) is 70.8 Å². The van der Waals surface area contributed by atoms with E-state index in [2.05, 4.69) is 20.8 Å². The molecule has 0 spiro atoms. The number of hydrogen-bond donors (Lipinski definition) is 2. The lowest BCUT2D eigenvalue weighted by atomic mass is 10.2. The number of nitrogens with zero attached hydrogens (tertiary/aromatic N) is 2. The lowest BCUT2D eigenvalue weighted by molar-refractivity contribution is -0.137. The first-order valence-corrected chi connectivity index (χ1v) is 11.1. The minimum atomic E-state index is -4.55. The van der Waals surface area contributed by atoms with E-state index >= 15 is 0 Å². The molecule has 0 saturated heterocycles. The Morgan fingerprint density at radius 1 is 1.09 bits per heavy atom. The Balaban J connectivity index is 1.51. The summed E-state index contributed by atoms with van der Waals surface area (Å²) in [5.74, 6) is -1.09. The summed E-state index contributed by atoms with van der Waals surface area (Å²) < 4.78 is 38.9. The number of halogens is 4. The summed E-state index contributed by atoms with van der Waals surface area (Å²) in [6.45, 7) is 0. The number of rotatable bonds is 7. The molecule has 0 bridgehead atoms. The monoisotopic (exact) mass is 498 g/mol. The quantitative estimate of drug-likeness (QED) is 0.252. The molecular formula is C20H14ClF3N4O2S2. The van der Waals surface area contributed by atoms with Crippen molar-refractivity contribution in [2.45, 2.75) is 10.5 Å². The Kier molecular flexibility index (Phi) is 7.89. The molecule has 32 heavy (non-hydrogen) atoms. The van der Waals surface area contributed by atoms with Crippen molar-refractivity contribution in [1.82, 2.24) is 10.2 Å². The largest absolute Gasteiger partial charge is 0.416 e. The highest BCUT2D eigenvalue weighted by Crippen LogP contribution is 2.34. The first kappa shape index (κ1) is 23.8. The van der Waals surface area contributed by atoms with Crippen LogP contribution in [0.25, 0.3) is 6.08 Å². The summed E-state index contributed by atoms with van der Waals surface area (Å²) in [5, 5.41) is 12.9. The summed E-state index contributed by atoms with van der Waals surface area (Å²) >= 11 is 7.95. The van der Waals surface area contributed by atoms with Gasteiger partial charge in [0, 0.05) is 6.08 Å². The summed E-state index contributed by atoms with van der Waals surface area (Å²) in [5.41, 5.74) is -0.193. The van der Waals surface area contributed by atoms with Gasteiger partial charge in [0.2, 0.25) is 16.9 Å².